The fraction of sp³-hybridized carbons (Fsp3) is 0.250. The van der Waals surface area contributed by atoms with E-state index in [1.54, 1.807) is 17.9 Å². The summed E-state index contributed by atoms with van der Waals surface area (Å²) in [7, 11) is 1.80. The third-order valence-electron chi connectivity index (χ3n) is 2.72. The van der Waals surface area contributed by atoms with Crippen molar-refractivity contribution < 1.29 is 8.78 Å². The van der Waals surface area contributed by atoms with Gasteiger partial charge in [0, 0.05) is 13.2 Å². The summed E-state index contributed by atoms with van der Waals surface area (Å²) in [6.45, 7) is 0. The van der Waals surface area contributed by atoms with Crippen LogP contribution < -0.4 is 11.3 Å². The first-order valence-corrected chi connectivity index (χ1v) is 5.49. The maximum Gasteiger partial charge on any atom is 0.159 e. The van der Waals surface area contributed by atoms with Crippen molar-refractivity contribution in [2.45, 2.75) is 12.5 Å². The van der Waals surface area contributed by atoms with Gasteiger partial charge in [-0.25, -0.2) is 8.78 Å². The van der Waals surface area contributed by atoms with Crippen LogP contribution >= 0.6 is 0 Å². The Morgan fingerprint density at radius 1 is 1.33 bits per heavy atom. The monoisotopic (exact) mass is 252 g/mol. The Morgan fingerprint density at radius 2 is 2.11 bits per heavy atom. The van der Waals surface area contributed by atoms with Crippen molar-refractivity contribution in [1.82, 2.24) is 15.2 Å². The van der Waals surface area contributed by atoms with E-state index in [2.05, 4.69) is 10.5 Å². The highest BCUT2D eigenvalue weighted by Gasteiger charge is 2.14. The van der Waals surface area contributed by atoms with Gasteiger partial charge in [0.05, 0.1) is 11.7 Å². The molecule has 0 saturated carbocycles. The lowest BCUT2D eigenvalue weighted by Gasteiger charge is -2.13. The summed E-state index contributed by atoms with van der Waals surface area (Å²) in [5, 5.41) is 4.22. The highest BCUT2D eigenvalue weighted by molar-refractivity contribution is 5.20. The molecule has 0 bridgehead atoms. The van der Waals surface area contributed by atoms with Gasteiger partial charge in [-0.15, -0.1) is 0 Å². The summed E-state index contributed by atoms with van der Waals surface area (Å²) in [5.41, 5.74) is 4.03. The molecule has 0 aliphatic heterocycles. The number of hydrogen-bond acceptors (Lipinski definition) is 3. The van der Waals surface area contributed by atoms with Crippen LogP contribution in [-0.2, 0) is 13.5 Å². The first-order valence-electron chi connectivity index (χ1n) is 5.49. The van der Waals surface area contributed by atoms with Crippen LogP contribution in [-0.4, -0.2) is 9.78 Å². The highest BCUT2D eigenvalue weighted by Crippen LogP contribution is 2.17. The Labute approximate surface area is 103 Å². The summed E-state index contributed by atoms with van der Waals surface area (Å²) in [6.07, 6.45) is 2.23. The van der Waals surface area contributed by atoms with Crippen LogP contribution in [0.15, 0.2) is 30.5 Å². The zero-order valence-corrected chi connectivity index (χ0v) is 9.90. The molecule has 1 aromatic heterocycles. The molecule has 1 unspecified atom stereocenters. The lowest BCUT2D eigenvalue weighted by molar-refractivity contribution is 0.499. The molecule has 2 aromatic rings. The molecule has 0 aliphatic carbocycles. The first kappa shape index (κ1) is 12.7. The van der Waals surface area contributed by atoms with E-state index in [1.807, 2.05) is 6.07 Å². The summed E-state index contributed by atoms with van der Waals surface area (Å²) >= 11 is 0. The van der Waals surface area contributed by atoms with E-state index >= 15 is 0 Å². The number of nitrogens with two attached hydrogens (primary N) is 1. The zero-order chi connectivity index (χ0) is 13.1. The number of benzene rings is 1. The van der Waals surface area contributed by atoms with E-state index in [1.165, 1.54) is 12.1 Å². The van der Waals surface area contributed by atoms with Gasteiger partial charge < -0.3 is 0 Å². The third kappa shape index (κ3) is 2.72. The molecule has 0 aliphatic rings. The minimum atomic E-state index is -0.857. The van der Waals surface area contributed by atoms with Crippen molar-refractivity contribution in [1.29, 1.82) is 0 Å². The Kier molecular flexibility index (Phi) is 3.69. The molecule has 0 radical (unpaired) electrons. The van der Waals surface area contributed by atoms with Crippen LogP contribution in [0.25, 0.3) is 0 Å². The Hall–Kier alpha value is -1.79. The zero-order valence-electron chi connectivity index (χ0n) is 9.90. The Bertz CT molecular complexity index is 539. The average Bonchev–Trinajstić information content (AvgIpc) is 2.77. The van der Waals surface area contributed by atoms with Gasteiger partial charge in [-0.3, -0.25) is 16.0 Å². The van der Waals surface area contributed by atoms with Gasteiger partial charge in [-0.05, 0) is 30.2 Å². The average molecular weight is 252 g/mol. The number of aryl methyl sites for hydroxylation is 1. The number of nitrogens with zero attached hydrogens (tertiary/aromatic N) is 2. The van der Waals surface area contributed by atoms with Crippen LogP contribution in [0.5, 0.6) is 0 Å². The molecule has 0 saturated heterocycles. The van der Waals surface area contributed by atoms with Crippen molar-refractivity contribution in [3.8, 4) is 0 Å². The first-order chi connectivity index (χ1) is 8.60. The molecule has 0 spiro atoms. The minimum absolute atomic E-state index is 0.240. The standard InChI is InChI=1S/C12H14F2N4/c1-18-5-4-11(17-18)12(16-15)7-8-2-3-9(13)10(14)6-8/h2-6,12,16H,7,15H2,1H3. The number of halogens is 2. The summed E-state index contributed by atoms with van der Waals surface area (Å²) in [4.78, 5) is 0. The minimum Gasteiger partial charge on any atom is -0.275 e. The van der Waals surface area contributed by atoms with Crippen molar-refractivity contribution in [3.05, 3.63) is 53.4 Å². The number of aromatic nitrogens is 2. The maximum atomic E-state index is 13.1. The predicted molar refractivity (Wildman–Crippen MR) is 63.3 cm³/mol. The maximum absolute atomic E-state index is 13.1. The van der Waals surface area contributed by atoms with Gasteiger partial charge in [0.2, 0.25) is 0 Å². The summed E-state index contributed by atoms with van der Waals surface area (Å²) in [5.74, 6) is 3.75. The molecule has 1 atom stereocenters. The molecule has 0 fully saturated rings. The normalized spacial score (nSPS) is 12.7. The van der Waals surface area contributed by atoms with E-state index in [-0.39, 0.29) is 6.04 Å². The number of nitrogens with one attached hydrogen (secondary N) is 1. The van der Waals surface area contributed by atoms with Crippen molar-refractivity contribution in [2.24, 2.45) is 12.9 Å². The molecule has 2 rings (SSSR count). The van der Waals surface area contributed by atoms with E-state index < -0.39 is 11.6 Å². The molecule has 3 N–H and O–H groups in total. The SMILES string of the molecule is Cn1ccc(C(Cc2ccc(F)c(F)c2)NN)n1. The van der Waals surface area contributed by atoms with E-state index in [0.717, 1.165) is 11.8 Å². The van der Waals surface area contributed by atoms with Crippen molar-refractivity contribution in [2.75, 3.05) is 0 Å². The van der Waals surface area contributed by atoms with Gasteiger partial charge in [-0.1, -0.05) is 6.07 Å². The van der Waals surface area contributed by atoms with E-state index in [9.17, 15) is 8.78 Å². The number of rotatable bonds is 4. The van der Waals surface area contributed by atoms with Gasteiger partial charge in [-0.2, -0.15) is 5.10 Å². The van der Waals surface area contributed by atoms with E-state index in [4.69, 9.17) is 5.84 Å². The lowest BCUT2D eigenvalue weighted by Crippen LogP contribution is -2.30. The number of hydrogen-bond donors (Lipinski definition) is 2. The van der Waals surface area contributed by atoms with Crippen molar-refractivity contribution in [3.63, 3.8) is 0 Å². The second kappa shape index (κ2) is 5.24. The quantitative estimate of drug-likeness (QED) is 0.639. The van der Waals surface area contributed by atoms with Gasteiger partial charge >= 0.3 is 0 Å². The molecule has 1 heterocycles. The molecule has 1 aromatic carbocycles. The third-order valence-corrected chi connectivity index (χ3v) is 2.72. The largest absolute Gasteiger partial charge is 0.275 e. The summed E-state index contributed by atoms with van der Waals surface area (Å²) < 4.78 is 27.6. The van der Waals surface area contributed by atoms with Crippen LogP contribution in [0.3, 0.4) is 0 Å². The molecular weight excluding hydrogens is 238 g/mol. The molecule has 18 heavy (non-hydrogen) atoms. The van der Waals surface area contributed by atoms with Crippen LogP contribution in [0.4, 0.5) is 8.78 Å². The highest BCUT2D eigenvalue weighted by atomic mass is 19.2. The van der Waals surface area contributed by atoms with Crippen molar-refractivity contribution >= 4 is 0 Å². The second-order valence-corrected chi connectivity index (χ2v) is 4.09. The van der Waals surface area contributed by atoms with Gasteiger partial charge in [0.1, 0.15) is 0 Å². The fourth-order valence-electron chi connectivity index (χ4n) is 1.77. The second-order valence-electron chi connectivity index (χ2n) is 4.09. The topological polar surface area (TPSA) is 55.9 Å². The van der Waals surface area contributed by atoms with E-state index in [0.29, 0.717) is 12.0 Å². The Morgan fingerprint density at radius 3 is 2.67 bits per heavy atom. The van der Waals surface area contributed by atoms with Gasteiger partial charge in [0.15, 0.2) is 11.6 Å². The molecular formula is C12H14F2N4. The summed E-state index contributed by atoms with van der Waals surface area (Å²) in [6, 6.07) is 5.39. The molecule has 96 valence electrons. The fourth-order valence-corrected chi connectivity index (χ4v) is 1.77. The van der Waals surface area contributed by atoms with Crippen LogP contribution in [0.1, 0.15) is 17.3 Å². The Balaban J connectivity index is 2.17. The number of hydrazine groups is 1. The van der Waals surface area contributed by atoms with Gasteiger partial charge in [0.25, 0.3) is 0 Å². The van der Waals surface area contributed by atoms with Crippen LogP contribution in [0.2, 0.25) is 0 Å². The lowest BCUT2D eigenvalue weighted by atomic mass is 10.0. The molecule has 6 heteroatoms. The molecule has 4 nitrogen and oxygen atoms in total. The molecule has 0 amide bonds. The smallest absolute Gasteiger partial charge is 0.159 e. The van der Waals surface area contributed by atoms with Crippen LogP contribution in [0, 0.1) is 11.6 Å². The predicted octanol–water partition coefficient (Wildman–Crippen LogP) is 1.45.